The number of hydrogen-bond donors (Lipinski definition) is 0. The highest BCUT2D eigenvalue weighted by Crippen LogP contribution is 2.42. The molecule has 0 fully saturated rings. The summed E-state index contributed by atoms with van der Waals surface area (Å²) in [6.07, 6.45) is 0. The van der Waals surface area contributed by atoms with Crippen LogP contribution in [0.1, 0.15) is 0 Å². The number of nitrogens with zero attached hydrogens (tertiary/aromatic N) is 3. The summed E-state index contributed by atoms with van der Waals surface area (Å²) in [6, 6.07) is 66.8. The lowest BCUT2D eigenvalue weighted by Gasteiger charge is -2.17. The molecule has 0 spiro atoms. The minimum absolute atomic E-state index is 0.647. The molecule has 2 aromatic heterocycles. The van der Waals surface area contributed by atoms with Crippen molar-refractivity contribution in [3.05, 3.63) is 199 Å². The van der Waals surface area contributed by atoms with Crippen LogP contribution in [0.2, 0.25) is 0 Å². The van der Waals surface area contributed by atoms with Crippen molar-refractivity contribution in [2.24, 2.45) is 0 Å². The van der Waals surface area contributed by atoms with Gasteiger partial charge in [0.1, 0.15) is 0 Å². The van der Waals surface area contributed by atoms with E-state index < -0.39 is 0 Å². The zero-order valence-corrected chi connectivity index (χ0v) is 28.2. The average Bonchev–Trinajstić information content (AvgIpc) is 3.74. The van der Waals surface area contributed by atoms with Gasteiger partial charge in [-0.3, -0.25) is 0 Å². The van der Waals surface area contributed by atoms with Crippen LogP contribution in [0.5, 0.6) is 0 Å². The fourth-order valence-corrected chi connectivity index (χ4v) is 8.04. The Morgan fingerprint density at radius 2 is 0.827 bits per heavy atom. The number of para-hydroxylation sites is 5. The van der Waals surface area contributed by atoms with Crippen molar-refractivity contribution in [3.63, 3.8) is 0 Å². The highest BCUT2D eigenvalue weighted by molar-refractivity contribution is 6.11. The Morgan fingerprint density at radius 3 is 1.50 bits per heavy atom. The summed E-state index contributed by atoms with van der Waals surface area (Å²) in [7, 11) is 0. The van der Waals surface area contributed by atoms with Crippen LogP contribution in [0.3, 0.4) is 0 Å². The molecule has 0 N–H and O–H groups in total. The summed E-state index contributed by atoms with van der Waals surface area (Å²) in [5.74, 6) is 0. The molecule has 2 heterocycles. The van der Waals surface area contributed by atoms with E-state index in [2.05, 4.69) is 184 Å². The number of hydrogen-bond acceptors (Lipinski definition) is 0. The first-order chi connectivity index (χ1) is 25.8. The van der Waals surface area contributed by atoms with E-state index in [1.165, 1.54) is 43.6 Å². The van der Waals surface area contributed by atoms with Crippen LogP contribution in [0.4, 0.5) is 5.69 Å². The Hall–Kier alpha value is -7.15. The quantitative estimate of drug-likeness (QED) is 0.163. The Morgan fingerprint density at radius 1 is 0.327 bits per heavy atom. The minimum Gasteiger partial charge on any atom is -0.309 e. The lowest BCUT2D eigenvalue weighted by Crippen LogP contribution is -1.96. The maximum atomic E-state index is 7.94. The maximum absolute atomic E-state index is 7.94. The van der Waals surface area contributed by atoms with Crippen molar-refractivity contribution < 1.29 is 0 Å². The van der Waals surface area contributed by atoms with Crippen LogP contribution < -0.4 is 0 Å². The van der Waals surface area contributed by atoms with E-state index >= 15 is 0 Å². The monoisotopic (exact) mass is 661 g/mol. The smallest absolute Gasteiger partial charge is 0.194 e. The van der Waals surface area contributed by atoms with Gasteiger partial charge in [-0.15, -0.1) is 0 Å². The van der Waals surface area contributed by atoms with Crippen LogP contribution in [0.25, 0.3) is 93.2 Å². The Bertz CT molecular complexity index is 2970. The predicted molar refractivity (Wildman–Crippen MR) is 218 cm³/mol. The first kappa shape index (κ1) is 29.7. The molecule has 0 saturated heterocycles. The van der Waals surface area contributed by atoms with Crippen LogP contribution in [-0.2, 0) is 0 Å². The van der Waals surface area contributed by atoms with E-state index in [-0.39, 0.29) is 0 Å². The second-order valence-electron chi connectivity index (χ2n) is 13.2. The first-order valence-corrected chi connectivity index (χ1v) is 17.6. The summed E-state index contributed by atoms with van der Waals surface area (Å²) in [4.78, 5) is 3.89. The normalized spacial score (nSPS) is 11.4. The summed E-state index contributed by atoms with van der Waals surface area (Å²) in [5.41, 5.74) is 14.0. The second-order valence-corrected chi connectivity index (χ2v) is 13.2. The van der Waals surface area contributed by atoms with Gasteiger partial charge >= 0.3 is 0 Å². The molecule has 10 rings (SSSR count). The topological polar surface area (TPSA) is 14.2 Å². The minimum atomic E-state index is 0.647. The van der Waals surface area contributed by atoms with E-state index in [9.17, 15) is 0 Å². The third-order valence-electron chi connectivity index (χ3n) is 10.3. The SMILES string of the molecule is [C-]#[N+]c1ccccc1-c1ccccc1-c1cc(-c2ccc3c(c2)c2ccccc2n3-c2ccccc2)cc(-n2c3ccccc3c3ccccc32)c1. The molecule has 242 valence electrons. The van der Waals surface area contributed by atoms with Crippen molar-refractivity contribution >= 4 is 49.3 Å². The molecule has 0 unspecified atom stereocenters. The van der Waals surface area contributed by atoms with Gasteiger partial charge in [0.25, 0.3) is 0 Å². The van der Waals surface area contributed by atoms with Crippen molar-refractivity contribution in [2.45, 2.75) is 0 Å². The van der Waals surface area contributed by atoms with Crippen molar-refractivity contribution in [3.8, 4) is 44.8 Å². The molecule has 0 aliphatic heterocycles. The Balaban J connectivity index is 1.26. The second kappa shape index (κ2) is 12.0. The summed E-state index contributed by atoms with van der Waals surface area (Å²) in [5, 5.41) is 4.90. The van der Waals surface area contributed by atoms with Crippen molar-refractivity contribution in [2.75, 3.05) is 0 Å². The van der Waals surface area contributed by atoms with E-state index in [0.717, 1.165) is 44.8 Å². The van der Waals surface area contributed by atoms with Gasteiger partial charge in [0.2, 0.25) is 0 Å². The molecule has 0 amide bonds. The molecule has 0 aliphatic rings. The molecule has 10 aromatic rings. The molecule has 3 heteroatoms. The summed E-state index contributed by atoms with van der Waals surface area (Å²) < 4.78 is 4.76. The Kier molecular flexibility index (Phi) is 6.87. The fraction of sp³-hybridized carbons (Fsp3) is 0. The summed E-state index contributed by atoms with van der Waals surface area (Å²) in [6.45, 7) is 7.94. The molecular formula is C49H31N3. The van der Waals surface area contributed by atoms with E-state index in [1.54, 1.807) is 0 Å². The van der Waals surface area contributed by atoms with Gasteiger partial charge < -0.3 is 9.13 Å². The number of benzene rings is 8. The zero-order valence-electron chi connectivity index (χ0n) is 28.2. The molecule has 0 atom stereocenters. The fourth-order valence-electron chi connectivity index (χ4n) is 8.04. The van der Waals surface area contributed by atoms with E-state index in [0.29, 0.717) is 5.69 Å². The van der Waals surface area contributed by atoms with Gasteiger partial charge in [-0.1, -0.05) is 127 Å². The molecule has 0 saturated carbocycles. The van der Waals surface area contributed by atoms with Crippen molar-refractivity contribution in [1.82, 2.24) is 9.13 Å². The molecule has 0 radical (unpaired) electrons. The van der Waals surface area contributed by atoms with Crippen LogP contribution in [0, 0.1) is 6.57 Å². The van der Waals surface area contributed by atoms with Crippen LogP contribution >= 0.6 is 0 Å². The zero-order chi connectivity index (χ0) is 34.6. The molecular weight excluding hydrogens is 631 g/mol. The molecule has 8 aromatic carbocycles. The van der Waals surface area contributed by atoms with Gasteiger partial charge in [0, 0.05) is 32.9 Å². The van der Waals surface area contributed by atoms with Gasteiger partial charge in [0.15, 0.2) is 5.69 Å². The Labute approximate surface area is 301 Å². The molecule has 52 heavy (non-hydrogen) atoms. The predicted octanol–water partition coefficient (Wildman–Crippen LogP) is 13.4. The largest absolute Gasteiger partial charge is 0.309 e. The third-order valence-corrected chi connectivity index (χ3v) is 10.3. The standard InChI is InChI=1S/C49H31N3/c1-50-45-23-11-7-19-40(45)39-18-6-5-17-38(39)35-29-34(30-37(31-35)52-46-24-12-8-20-41(46)42-21-9-13-25-47(42)52)33-27-28-49-44(32-33)43-22-10-14-26-48(43)51(49)36-15-3-2-4-16-36/h2-32H. The van der Waals surface area contributed by atoms with Crippen molar-refractivity contribution in [1.29, 1.82) is 0 Å². The van der Waals surface area contributed by atoms with Gasteiger partial charge in [0.05, 0.1) is 28.6 Å². The highest BCUT2D eigenvalue weighted by atomic mass is 15.0. The first-order valence-electron chi connectivity index (χ1n) is 17.6. The van der Waals surface area contributed by atoms with E-state index in [4.69, 9.17) is 6.57 Å². The molecule has 0 aliphatic carbocycles. The van der Waals surface area contributed by atoms with Gasteiger partial charge in [-0.2, -0.15) is 0 Å². The lowest BCUT2D eigenvalue weighted by atomic mass is 9.91. The molecule has 3 nitrogen and oxygen atoms in total. The van der Waals surface area contributed by atoms with Gasteiger partial charge in [-0.05, 0) is 94.0 Å². The van der Waals surface area contributed by atoms with E-state index in [1.807, 2.05) is 18.2 Å². The third kappa shape index (κ3) is 4.66. The number of aromatic nitrogens is 2. The van der Waals surface area contributed by atoms with Crippen LogP contribution in [0.15, 0.2) is 188 Å². The average molecular weight is 662 g/mol. The maximum Gasteiger partial charge on any atom is 0.194 e. The number of rotatable bonds is 5. The number of fused-ring (bicyclic) bond motifs is 6. The summed E-state index contributed by atoms with van der Waals surface area (Å²) >= 11 is 0. The lowest BCUT2D eigenvalue weighted by molar-refractivity contribution is 1.18. The highest BCUT2D eigenvalue weighted by Gasteiger charge is 2.18. The molecule has 0 bridgehead atoms. The van der Waals surface area contributed by atoms with Gasteiger partial charge in [-0.25, -0.2) is 4.85 Å². The van der Waals surface area contributed by atoms with Crippen LogP contribution in [-0.4, -0.2) is 9.13 Å².